The summed E-state index contributed by atoms with van der Waals surface area (Å²) in [7, 11) is 0. The van der Waals surface area contributed by atoms with Crippen LogP contribution < -0.4 is 15.1 Å². The van der Waals surface area contributed by atoms with Crippen molar-refractivity contribution in [2.24, 2.45) is 0 Å². The zero-order valence-corrected chi connectivity index (χ0v) is 33.3. The molecule has 2 aromatic carbocycles. The van der Waals surface area contributed by atoms with Gasteiger partial charge in [0.25, 0.3) is 5.91 Å². The predicted octanol–water partition coefficient (Wildman–Crippen LogP) is 4.70. The molecule has 4 fully saturated rings. The normalized spacial score (nSPS) is 23.7. The molecule has 0 radical (unpaired) electrons. The van der Waals surface area contributed by atoms with Gasteiger partial charge < -0.3 is 34.2 Å². The molecular weight excluding hydrogens is 816 g/mol. The molecule has 0 aliphatic carbocycles. The monoisotopic (exact) mass is 854 g/mol. The van der Waals surface area contributed by atoms with E-state index in [4.69, 9.17) is 24.7 Å². The van der Waals surface area contributed by atoms with Crippen LogP contribution in [-0.4, -0.2) is 132 Å². The Morgan fingerprint density at radius 1 is 0.919 bits per heavy atom. The number of hydrogen-bond donors (Lipinski definition) is 1. The van der Waals surface area contributed by atoms with Crippen molar-refractivity contribution in [3.63, 3.8) is 0 Å². The highest BCUT2D eigenvalue weighted by molar-refractivity contribution is 5.94. The number of rotatable bonds is 4. The van der Waals surface area contributed by atoms with Gasteiger partial charge in [-0.1, -0.05) is 6.07 Å². The third-order valence-electron chi connectivity index (χ3n) is 12.7. The number of carbonyl (C=O) groups excluding carboxylic acids is 2. The number of carbonyl (C=O) groups is 2. The lowest BCUT2D eigenvalue weighted by Crippen LogP contribution is -2.70. The average molecular weight is 855 g/mol. The molecule has 11 rings (SSSR count). The van der Waals surface area contributed by atoms with Gasteiger partial charge in [0.1, 0.15) is 40.8 Å². The summed E-state index contributed by atoms with van der Waals surface area (Å²) in [6.45, 7) is 3.61. The van der Waals surface area contributed by atoms with Gasteiger partial charge >= 0.3 is 6.43 Å². The van der Waals surface area contributed by atoms with Gasteiger partial charge in [-0.2, -0.15) is 23.8 Å². The van der Waals surface area contributed by atoms with Crippen molar-refractivity contribution in [3.05, 3.63) is 78.0 Å². The van der Waals surface area contributed by atoms with Gasteiger partial charge in [0.15, 0.2) is 11.5 Å². The van der Waals surface area contributed by atoms with Crippen molar-refractivity contribution >= 4 is 51.5 Å². The fourth-order valence-electron chi connectivity index (χ4n) is 9.97. The van der Waals surface area contributed by atoms with Crippen LogP contribution in [0.25, 0.3) is 39.0 Å². The maximum atomic E-state index is 15.4. The van der Waals surface area contributed by atoms with Crippen LogP contribution in [0.3, 0.4) is 0 Å². The Morgan fingerprint density at radius 2 is 1.76 bits per heavy atom. The Bertz CT molecular complexity index is 2790. The summed E-state index contributed by atoms with van der Waals surface area (Å²) in [5.74, 6) is -1.83. The number of amides is 2. The van der Waals surface area contributed by atoms with E-state index in [1.807, 2.05) is 44.4 Å². The number of likely N-dealkylation sites (tertiary alicyclic amines) is 1. The van der Waals surface area contributed by atoms with Crippen molar-refractivity contribution in [1.29, 1.82) is 0 Å². The molecule has 1 N–H and O–H groups in total. The first-order valence-electron chi connectivity index (χ1n) is 20.6. The SMILES string of the molecule is Cc1nc2cc(F)cc3c2n1C[C@H]1CN(CCCO1)C(=O)[C@@H]1CC(CN1c1nc(N2C4CC2CN(C(=O)C(F)F)C4)nc2c1cnn2-c1ccc(F)cc1F)Nc1cccc-3n1. The van der Waals surface area contributed by atoms with Crippen molar-refractivity contribution in [1.82, 2.24) is 44.1 Å². The quantitative estimate of drug-likeness (QED) is 0.247. The van der Waals surface area contributed by atoms with Crippen LogP contribution in [0.2, 0.25) is 0 Å². The Morgan fingerprint density at radius 3 is 2.56 bits per heavy atom. The number of imidazole rings is 1. The largest absolute Gasteiger partial charge is 0.374 e. The van der Waals surface area contributed by atoms with Crippen LogP contribution >= 0.6 is 0 Å². The number of nitrogens with zero attached hydrogens (tertiary/aromatic N) is 11. The average Bonchev–Trinajstić information content (AvgIpc) is 3.89. The van der Waals surface area contributed by atoms with Crippen LogP contribution in [0.4, 0.5) is 39.5 Å². The van der Waals surface area contributed by atoms with E-state index in [0.29, 0.717) is 84.1 Å². The second kappa shape index (κ2) is 14.6. The Kier molecular flexibility index (Phi) is 9.06. The molecule has 62 heavy (non-hydrogen) atoms. The minimum absolute atomic E-state index is 0.0323. The molecule has 6 aromatic rings. The predicted molar refractivity (Wildman–Crippen MR) is 216 cm³/mol. The van der Waals surface area contributed by atoms with Crippen molar-refractivity contribution < 1.29 is 36.3 Å². The van der Waals surface area contributed by atoms with E-state index in [0.717, 1.165) is 17.0 Å². The molecule has 5 aliphatic rings. The van der Waals surface area contributed by atoms with E-state index in [1.165, 1.54) is 29.1 Å². The van der Waals surface area contributed by atoms with E-state index in [9.17, 15) is 18.0 Å². The van der Waals surface area contributed by atoms with Gasteiger partial charge in [0, 0.05) is 63.1 Å². The number of ether oxygens (including phenoxy) is 1. The summed E-state index contributed by atoms with van der Waals surface area (Å²) < 4.78 is 81.3. The third-order valence-corrected chi connectivity index (χ3v) is 12.7. The first-order valence-corrected chi connectivity index (χ1v) is 20.6. The number of aryl methyl sites for hydroxylation is 1. The number of piperidine rings is 1. The molecule has 5 aliphatic heterocycles. The van der Waals surface area contributed by atoms with Gasteiger partial charge in [-0.15, -0.1) is 0 Å². The molecule has 9 heterocycles. The summed E-state index contributed by atoms with van der Waals surface area (Å²) in [6, 6.07) is 9.52. The lowest BCUT2D eigenvalue weighted by Gasteiger charge is -2.56. The van der Waals surface area contributed by atoms with E-state index in [2.05, 4.69) is 10.4 Å². The Balaban J connectivity index is 1.04. The number of pyridine rings is 1. The van der Waals surface area contributed by atoms with Gasteiger partial charge in [0.05, 0.1) is 53.0 Å². The summed E-state index contributed by atoms with van der Waals surface area (Å²) in [5, 5.41) is 8.43. The maximum Gasteiger partial charge on any atom is 0.315 e. The number of halogens is 5. The molecule has 20 heteroatoms. The van der Waals surface area contributed by atoms with Gasteiger partial charge in [-0.05, 0) is 56.5 Å². The van der Waals surface area contributed by atoms with Crippen molar-refractivity contribution in [2.45, 2.75) is 69.4 Å². The standard InChI is InChI=1S/C42H39F5N12O3/c1-21-49-32-12-23(44)10-28-31-4-2-5-35(51-31)50-24-13-34(40(60)54-8-3-9-62-27(19-54)20-56(21)36(28)32)57(16-24)38-29-15-48-59(33-7-6-22(43)11-30(33)45)39(29)53-42(52-38)58-25-14-26(58)18-55(17-25)41(61)37(46)47/h2,4-7,10-12,15,24-27,34,37H,3,8-9,13-14,16-20H2,1H3,(H,50,51)/t24?,25?,26?,27-,34+/m1/s1. The molecule has 3 unspecified atom stereocenters. The van der Waals surface area contributed by atoms with Crippen molar-refractivity contribution in [3.8, 4) is 16.9 Å². The molecule has 0 spiro atoms. The molecule has 0 saturated carbocycles. The number of anilines is 3. The Hall–Kier alpha value is -6.44. The van der Waals surface area contributed by atoms with Crippen LogP contribution in [0, 0.1) is 24.4 Å². The second-order valence-corrected chi connectivity index (χ2v) is 16.6. The highest BCUT2D eigenvalue weighted by Gasteiger charge is 2.49. The van der Waals surface area contributed by atoms with E-state index in [1.54, 1.807) is 0 Å². The fourth-order valence-corrected chi connectivity index (χ4v) is 9.97. The number of hydrogen-bond acceptors (Lipinski definition) is 11. The van der Waals surface area contributed by atoms with Crippen LogP contribution in [0.1, 0.15) is 25.1 Å². The summed E-state index contributed by atoms with van der Waals surface area (Å²) >= 11 is 0. The van der Waals surface area contributed by atoms with Crippen LogP contribution in [0.15, 0.2) is 54.7 Å². The van der Waals surface area contributed by atoms with Gasteiger partial charge in [-0.25, -0.2) is 27.8 Å². The zero-order valence-electron chi connectivity index (χ0n) is 33.3. The lowest BCUT2D eigenvalue weighted by molar-refractivity contribution is -0.146. The van der Waals surface area contributed by atoms with Crippen LogP contribution in [0.5, 0.6) is 0 Å². The topological polar surface area (TPSA) is 143 Å². The molecule has 4 saturated heterocycles. The number of alkyl halides is 2. The molecule has 8 bridgehead atoms. The van der Waals surface area contributed by atoms with Crippen LogP contribution in [-0.2, 0) is 20.9 Å². The summed E-state index contributed by atoms with van der Waals surface area (Å²) in [5.41, 5.74) is 2.40. The first kappa shape index (κ1) is 38.5. The smallest absolute Gasteiger partial charge is 0.315 e. The molecule has 2 amide bonds. The van der Waals surface area contributed by atoms with E-state index >= 15 is 13.6 Å². The number of benzene rings is 2. The zero-order chi connectivity index (χ0) is 42.6. The number of piperazine rings is 1. The van der Waals surface area contributed by atoms with Crippen molar-refractivity contribution in [2.75, 3.05) is 54.4 Å². The molecule has 5 atom stereocenters. The van der Waals surface area contributed by atoms with E-state index < -0.39 is 41.9 Å². The molecule has 4 aromatic heterocycles. The van der Waals surface area contributed by atoms with Gasteiger partial charge in [0.2, 0.25) is 11.9 Å². The van der Waals surface area contributed by atoms with Gasteiger partial charge in [-0.3, -0.25) is 9.59 Å². The first-order chi connectivity index (χ1) is 30.0. The number of fused-ring (bicyclic) bond motifs is 10. The third kappa shape index (κ3) is 6.36. The Labute approximate surface area is 350 Å². The molecular formula is C42H39F5N12O3. The highest BCUT2D eigenvalue weighted by atomic mass is 19.3. The minimum Gasteiger partial charge on any atom is -0.374 e. The summed E-state index contributed by atoms with van der Waals surface area (Å²) in [6.07, 6.45) is -0.572. The lowest BCUT2D eigenvalue weighted by atomic mass is 9.88. The molecule has 320 valence electrons. The maximum absolute atomic E-state index is 15.4. The molecule has 15 nitrogen and oxygen atoms in total. The highest BCUT2D eigenvalue weighted by Crippen LogP contribution is 2.41. The number of aromatic nitrogens is 7. The fraction of sp³-hybridized carbons (Fsp3) is 0.405. The number of nitrogens with one attached hydrogen (secondary N) is 1. The minimum atomic E-state index is -3.14. The summed E-state index contributed by atoms with van der Waals surface area (Å²) in [4.78, 5) is 53.8. The second-order valence-electron chi connectivity index (χ2n) is 16.6. The van der Waals surface area contributed by atoms with E-state index in [-0.39, 0.29) is 67.5 Å².